The van der Waals surface area contributed by atoms with E-state index in [-0.39, 0.29) is 24.1 Å². The quantitative estimate of drug-likeness (QED) is 0.311. The van der Waals surface area contributed by atoms with Gasteiger partial charge in [0.2, 0.25) is 0 Å². The number of thiophene rings is 1. The number of hydrogen-bond donors (Lipinski definition) is 0. The third-order valence-corrected chi connectivity index (χ3v) is 6.92. The predicted molar refractivity (Wildman–Crippen MR) is 131 cm³/mol. The molecule has 0 amide bonds. The second kappa shape index (κ2) is 10.0. The molecular formula is C25H21Cl2F3N2OS. The molecule has 0 saturated carbocycles. The van der Waals surface area contributed by atoms with Crippen molar-refractivity contribution in [2.24, 2.45) is 0 Å². The minimum absolute atomic E-state index is 0.0327. The summed E-state index contributed by atoms with van der Waals surface area (Å²) in [5.74, 6) is -0.369. The Bertz CT molecular complexity index is 1250. The maximum absolute atomic E-state index is 12.6. The lowest BCUT2D eigenvalue weighted by Crippen LogP contribution is -2.14. The molecular weight excluding hydrogens is 504 g/mol. The first kappa shape index (κ1) is 24.6. The molecule has 0 spiro atoms. The summed E-state index contributed by atoms with van der Waals surface area (Å²) < 4.78 is 43.8. The Hall–Kier alpha value is -2.48. The summed E-state index contributed by atoms with van der Waals surface area (Å²) in [4.78, 5) is 2.35. The molecule has 1 aromatic carbocycles. The average molecular weight is 525 g/mol. The van der Waals surface area contributed by atoms with E-state index in [1.165, 1.54) is 11.0 Å². The van der Waals surface area contributed by atoms with Gasteiger partial charge in [0, 0.05) is 37.7 Å². The van der Waals surface area contributed by atoms with Gasteiger partial charge in [0.15, 0.2) is 0 Å². The first-order valence-corrected chi connectivity index (χ1v) is 12.1. The lowest BCUT2D eigenvalue weighted by atomic mass is 10.00. The Balaban J connectivity index is 1.75. The molecule has 0 fully saturated rings. The smallest absolute Gasteiger partial charge is 0.410 e. The average Bonchev–Trinajstić information content (AvgIpc) is 3.34. The van der Waals surface area contributed by atoms with Crippen molar-refractivity contribution in [2.75, 3.05) is 0 Å². The summed E-state index contributed by atoms with van der Waals surface area (Å²) >= 11 is 14.1. The third kappa shape index (κ3) is 5.95. The monoisotopic (exact) mass is 524 g/mol. The van der Waals surface area contributed by atoms with Crippen molar-refractivity contribution < 1.29 is 17.9 Å². The summed E-state index contributed by atoms with van der Waals surface area (Å²) in [5.41, 5.74) is 2.39. The zero-order valence-corrected chi connectivity index (χ0v) is 20.6. The minimum Gasteiger partial charge on any atom is -0.410 e. The Morgan fingerprint density at radius 1 is 1.12 bits per heavy atom. The molecule has 3 aromatic rings. The van der Waals surface area contributed by atoms with E-state index < -0.39 is 6.36 Å². The number of alkyl halides is 3. The van der Waals surface area contributed by atoms with Crippen LogP contribution in [0.4, 0.5) is 13.2 Å². The van der Waals surface area contributed by atoms with E-state index in [2.05, 4.69) is 30.7 Å². The normalized spacial score (nSPS) is 19.7. The number of halogens is 5. The van der Waals surface area contributed by atoms with Crippen molar-refractivity contribution >= 4 is 34.5 Å². The van der Waals surface area contributed by atoms with E-state index in [1.807, 2.05) is 22.9 Å². The number of nitrogens with zero attached hydrogens (tertiary/aromatic N) is 2. The molecule has 2 heterocycles. The van der Waals surface area contributed by atoms with Crippen molar-refractivity contribution in [3.05, 3.63) is 98.0 Å². The fourth-order valence-corrected chi connectivity index (χ4v) is 5.22. The molecule has 2 unspecified atom stereocenters. The van der Waals surface area contributed by atoms with Gasteiger partial charge in [0.25, 0.3) is 0 Å². The van der Waals surface area contributed by atoms with Crippen LogP contribution in [-0.4, -0.2) is 16.1 Å². The summed E-state index contributed by atoms with van der Waals surface area (Å²) in [5, 5.41) is 5.91. The number of aryl methyl sites for hydroxylation is 1. The molecule has 2 aromatic heterocycles. The molecule has 2 atom stereocenters. The van der Waals surface area contributed by atoms with Gasteiger partial charge < -0.3 is 4.74 Å². The predicted octanol–water partition coefficient (Wildman–Crippen LogP) is 8.86. The SMILES string of the molecule is Cc1ccc(C(C)n2nc(-c3cc(Cl)cc(Cl)c3)cc2C2C=C/C=C(/OC(F)(F)F)C/C=C\2)s1. The highest BCUT2D eigenvalue weighted by molar-refractivity contribution is 7.12. The van der Waals surface area contributed by atoms with Crippen LogP contribution in [0.3, 0.4) is 0 Å². The lowest BCUT2D eigenvalue weighted by Gasteiger charge is -2.18. The highest BCUT2D eigenvalue weighted by Crippen LogP contribution is 2.35. The fraction of sp³-hybridized carbons (Fsp3) is 0.240. The maximum Gasteiger partial charge on any atom is 0.572 e. The van der Waals surface area contributed by atoms with Crippen LogP contribution in [0.5, 0.6) is 0 Å². The molecule has 0 N–H and O–H groups in total. The molecule has 1 aliphatic rings. The number of hydrogen-bond acceptors (Lipinski definition) is 3. The van der Waals surface area contributed by atoms with Crippen molar-refractivity contribution in [2.45, 2.75) is 38.6 Å². The first-order chi connectivity index (χ1) is 16.1. The van der Waals surface area contributed by atoms with Crippen LogP contribution in [0.25, 0.3) is 11.3 Å². The van der Waals surface area contributed by atoms with Crippen molar-refractivity contribution in [1.82, 2.24) is 9.78 Å². The number of benzene rings is 1. The van der Waals surface area contributed by atoms with Crippen molar-refractivity contribution in [3.63, 3.8) is 0 Å². The molecule has 4 rings (SSSR count). The van der Waals surface area contributed by atoms with E-state index in [4.69, 9.17) is 28.3 Å². The van der Waals surface area contributed by atoms with E-state index in [0.29, 0.717) is 15.7 Å². The van der Waals surface area contributed by atoms with Gasteiger partial charge in [-0.1, -0.05) is 47.5 Å². The minimum atomic E-state index is -4.72. The highest BCUT2D eigenvalue weighted by Gasteiger charge is 2.31. The van der Waals surface area contributed by atoms with Gasteiger partial charge in [-0.2, -0.15) is 5.10 Å². The van der Waals surface area contributed by atoms with Crippen LogP contribution in [-0.2, 0) is 4.74 Å². The molecule has 0 bridgehead atoms. The number of aromatic nitrogens is 2. The maximum atomic E-state index is 12.6. The lowest BCUT2D eigenvalue weighted by molar-refractivity contribution is -0.305. The molecule has 9 heteroatoms. The highest BCUT2D eigenvalue weighted by atomic mass is 35.5. The van der Waals surface area contributed by atoms with Crippen LogP contribution in [0.15, 0.2) is 72.5 Å². The van der Waals surface area contributed by atoms with Gasteiger partial charge in [0.05, 0.1) is 17.4 Å². The van der Waals surface area contributed by atoms with Crippen LogP contribution in [0.1, 0.15) is 40.8 Å². The molecule has 0 saturated heterocycles. The van der Waals surface area contributed by atoms with Crippen LogP contribution in [0.2, 0.25) is 10.0 Å². The van der Waals surface area contributed by atoms with Crippen molar-refractivity contribution in [3.8, 4) is 11.3 Å². The van der Waals surface area contributed by atoms with Crippen LogP contribution in [0, 0.1) is 6.92 Å². The summed E-state index contributed by atoms with van der Waals surface area (Å²) in [6.07, 6.45) is 3.61. The van der Waals surface area contributed by atoms with Gasteiger partial charge in [-0.3, -0.25) is 4.68 Å². The van der Waals surface area contributed by atoms with Gasteiger partial charge in [-0.25, -0.2) is 0 Å². The van der Waals surface area contributed by atoms with Crippen LogP contribution >= 0.6 is 34.5 Å². The van der Waals surface area contributed by atoms with Gasteiger partial charge in [-0.05, 0) is 56.3 Å². The third-order valence-electron chi connectivity index (χ3n) is 5.31. The standard InChI is InChI=1S/C25H21Cl2F3N2OS/c1-15-9-10-24(34-15)16(2)32-23(14-22(31-32)18-11-19(26)13-20(27)12-18)17-5-3-7-21(8-4-6-17)33-25(28,29)30/h3-7,9-14,16-17H,8H2,1-2H3/b5-3?,6-4-,21-7+. The molecule has 1 aliphatic carbocycles. The summed E-state index contributed by atoms with van der Waals surface area (Å²) in [6.45, 7) is 4.12. The van der Waals surface area contributed by atoms with E-state index in [0.717, 1.165) is 16.1 Å². The second-order valence-corrected chi connectivity index (χ2v) is 10.1. The summed E-state index contributed by atoms with van der Waals surface area (Å²) in [7, 11) is 0. The number of rotatable bonds is 5. The van der Waals surface area contributed by atoms with E-state index in [9.17, 15) is 13.2 Å². The van der Waals surface area contributed by atoms with Crippen LogP contribution < -0.4 is 0 Å². The fourth-order valence-electron chi connectivity index (χ4n) is 3.78. The zero-order valence-electron chi connectivity index (χ0n) is 18.3. The Morgan fingerprint density at radius 2 is 1.85 bits per heavy atom. The molecule has 0 radical (unpaired) electrons. The molecule has 0 aliphatic heterocycles. The molecule has 178 valence electrons. The van der Waals surface area contributed by atoms with E-state index in [1.54, 1.807) is 41.7 Å². The summed E-state index contributed by atoms with van der Waals surface area (Å²) in [6, 6.07) is 11.3. The van der Waals surface area contributed by atoms with E-state index >= 15 is 0 Å². The largest absolute Gasteiger partial charge is 0.572 e. The Morgan fingerprint density at radius 3 is 2.50 bits per heavy atom. The number of allylic oxidation sites excluding steroid dienone is 5. The topological polar surface area (TPSA) is 27.1 Å². The Labute approximate surface area is 209 Å². The second-order valence-electron chi connectivity index (χ2n) is 7.91. The zero-order chi connectivity index (χ0) is 24.5. The Kier molecular flexibility index (Phi) is 7.26. The molecule has 3 nitrogen and oxygen atoms in total. The van der Waals surface area contributed by atoms with Gasteiger partial charge >= 0.3 is 6.36 Å². The van der Waals surface area contributed by atoms with Gasteiger partial charge in [-0.15, -0.1) is 24.5 Å². The molecule has 34 heavy (non-hydrogen) atoms. The number of ether oxygens (including phenoxy) is 1. The first-order valence-electron chi connectivity index (χ1n) is 10.5. The van der Waals surface area contributed by atoms with Crippen molar-refractivity contribution in [1.29, 1.82) is 0 Å². The van der Waals surface area contributed by atoms with Gasteiger partial charge in [0.1, 0.15) is 5.76 Å².